The lowest BCUT2D eigenvalue weighted by molar-refractivity contribution is -0.121. The van der Waals surface area contributed by atoms with Crippen molar-refractivity contribution in [3.8, 4) is 11.1 Å². The van der Waals surface area contributed by atoms with Gasteiger partial charge in [-0.25, -0.2) is 4.39 Å². The van der Waals surface area contributed by atoms with Gasteiger partial charge >= 0.3 is 0 Å². The number of aromatic nitrogens is 1. The van der Waals surface area contributed by atoms with Crippen molar-refractivity contribution < 1.29 is 9.18 Å². The molecule has 1 amide bonds. The largest absolute Gasteiger partial charge is 0.353 e. The van der Waals surface area contributed by atoms with Crippen molar-refractivity contribution in [3.05, 3.63) is 60.5 Å². The Labute approximate surface area is 189 Å². The van der Waals surface area contributed by atoms with Crippen LogP contribution in [0.15, 0.2) is 54.7 Å². The molecule has 1 aliphatic carbocycles. The van der Waals surface area contributed by atoms with Gasteiger partial charge in [0.25, 0.3) is 0 Å². The fourth-order valence-electron chi connectivity index (χ4n) is 5.81. The molecule has 1 saturated heterocycles. The topological polar surface area (TPSA) is 37.3 Å². The molecule has 5 heteroatoms. The number of hydrogen-bond acceptors (Lipinski definition) is 2. The van der Waals surface area contributed by atoms with Crippen LogP contribution in [-0.2, 0) is 11.3 Å². The first kappa shape index (κ1) is 21.2. The lowest BCUT2D eigenvalue weighted by atomic mass is 9.78. The second kappa shape index (κ2) is 9.45. The summed E-state index contributed by atoms with van der Waals surface area (Å²) >= 11 is 0. The van der Waals surface area contributed by atoms with E-state index < -0.39 is 0 Å². The van der Waals surface area contributed by atoms with Gasteiger partial charge in [0.15, 0.2) is 0 Å². The first-order valence-corrected chi connectivity index (χ1v) is 12.0. The smallest absolute Gasteiger partial charge is 0.239 e. The highest BCUT2D eigenvalue weighted by Gasteiger charge is 2.32. The van der Waals surface area contributed by atoms with Crippen molar-refractivity contribution in [2.75, 3.05) is 19.6 Å². The number of carbonyl (C=O) groups is 1. The third kappa shape index (κ3) is 4.44. The second-order valence-corrected chi connectivity index (χ2v) is 9.33. The molecule has 168 valence electrons. The van der Waals surface area contributed by atoms with Crippen LogP contribution in [0.1, 0.15) is 38.5 Å². The number of fused-ring (bicyclic) bond motifs is 2. The molecule has 2 heterocycles. The molecule has 32 heavy (non-hydrogen) atoms. The molecule has 2 fully saturated rings. The first-order valence-electron chi connectivity index (χ1n) is 12.0. The summed E-state index contributed by atoms with van der Waals surface area (Å²) in [6.45, 7) is 3.10. The van der Waals surface area contributed by atoms with Crippen LogP contribution in [0.25, 0.3) is 22.0 Å². The van der Waals surface area contributed by atoms with E-state index in [0.29, 0.717) is 6.54 Å². The Balaban J connectivity index is 1.24. The van der Waals surface area contributed by atoms with E-state index in [1.165, 1.54) is 57.2 Å². The van der Waals surface area contributed by atoms with Gasteiger partial charge in [-0.2, -0.15) is 0 Å². The molecule has 1 saturated carbocycles. The van der Waals surface area contributed by atoms with E-state index in [1.54, 1.807) is 12.1 Å². The number of nitrogens with one attached hydrogen (secondary N) is 1. The Kier molecular flexibility index (Phi) is 6.26. The molecule has 3 aromatic rings. The fourth-order valence-corrected chi connectivity index (χ4v) is 5.81. The molecule has 1 aliphatic heterocycles. The van der Waals surface area contributed by atoms with Gasteiger partial charge in [0, 0.05) is 36.3 Å². The molecular weight excluding hydrogens is 401 g/mol. The van der Waals surface area contributed by atoms with Gasteiger partial charge in [0.05, 0.1) is 5.52 Å². The van der Waals surface area contributed by atoms with Gasteiger partial charge in [-0.05, 0) is 61.9 Å². The second-order valence-electron chi connectivity index (χ2n) is 9.33. The zero-order chi connectivity index (χ0) is 21.9. The van der Waals surface area contributed by atoms with Crippen molar-refractivity contribution >= 4 is 16.8 Å². The van der Waals surface area contributed by atoms with Crippen molar-refractivity contribution in [2.45, 2.75) is 51.1 Å². The number of benzene rings is 2. The maximum atomic E-state index is 13.4. The standard InChI is InChI=1S/C27H32FN3O/c28-23-12-10-20(11-13-23)24-8-3-6-22-14-17-31(27(22)24)19-26(32)29-15-18-30-16-4-7-21-5-1-2-9-25(21)30/h3,6,8,10-14,17,21,25H,1-2,4-5,7,9,15-16,18-19H2,(H,29,32)/t21-,25+/m0/s1. The number of carbonyl (C=O) groups excluding carboxylic acids is 1. The minimum Gasteiger partial charge on any atom is -0.353 e. The van der Waals surface area contributed by atoms with Crippen molar-refractivity contribution in [3.63, 3.8) is 0 Å². The summed E-state index contributed by atoms with van der Waals surface area (Å²) < 4.78 is 15.4. The molecule has 4 nitrogen and oxygen atoms in total. The van der Waals surface area contributed by atoms with E-state index in [-0.39, 0.29) is 18.3 Å². The Morgan fingerprint density at radius 1 is 1.00 bits per heavy atom. The van der Waals surface area contributed by atoms with Gasteiger partial charge in [-0.1, -0.05) is 43.2 Å². The molecule has 0 unspecified atom stereocenters. The zero-order valence-corrected chi connectivity index (χ0v) is 18.6. The van der Waals surface area contributed by atoms with Crippen LogP contribution in [0.2, 0.25) is 0 Å². The average Bonchev–Trinajstić information content (AvgIpc) is 3.23. The predicted octanol–water partition coefficient (Wildman–Crippen LogP) is 5.22. The van der Waals surface area contributed by atoms with E-state index in [4.69, 9.17) is 0 Å². The summed E-state index contributed by atoms with van der Waals surface area (Å²) in [5.41, 5.74) is 2.97. The Morgan fingerprint density at radius 2 is 1.81 bits per heavy atom. The third-order valence-electron chi connectivity index (χ3n) is 7.34. The van der Waals surface area contributed by atoms with Crippen LogP contribution in [0, 0.1) is 11.7 Å². The molecule has 1 N–H and O–H groups in total. The Bertz CT molecular complexity index is 1070. The fraction of sp³-hybridized carbons (Fsp3) is 0.444. The van der Waals surface area contributed by atoms with E-state index >= 15 is 0 Å². The predicted molar refractivity (Wildman–Crippen MR) is 127 cm³/mol. The highest BCUT2D eigenvalue weighted by molar-refractivity contribution is 5.95. The molecule has 0 bridgehead atoms. The van der Waals surface area contributed by atoms with Crippen LogP contribution in [-0.4, -0.2) is 41.1 Å². The lowest BCUT2D eigenvalue weighted by Crippen LogP contribution is -2.49. The Hall–Kier alpha value is -2.66. The van der Waals surface area contributed by atoms with E-state index in [1.807, 2.05) is 35.0 Å². The molecule has 0 spiro atoms. The summed E-state index contributed by atoms with van der Waals surface area (Å²) in [6, 6.07) is 15.4. The maximum Gasteiger partial charge on any atom is 0.239 e. The average molecular weight is 434 g/mol. The normalized spacial score (nSPS) is 21.4. The van der Waals surface area contributed by atoms with Crippen LogP contribution >= 0.6 is 0 Å². The minimum atomic E-state index is -0.246. The molecular formula is C27H32FN3O. The van der Waals surface area contributed by atoms with Crippen LogP contribution in [0.5, 0.6) is 0 Å². The van der Waals surface area contributed by atoms with E-state index in [0.717, 1.165) is 40.5 Å². The third-order valence-corrected chi connectivity index (χ3v) is 7.34. The van der Waals surface area contributed by atoms with Crippen LogP contribution in [0.3, 0.4) is 0 Å². The van der Waals surface area contributed by atoms with Crippen molar-refractivity contribution in [2.24, 2.45) is 5.92 Å². The zero-order valence-electron chi connectivity index (χ0n) is 18.6. The van der Waals surface area contributed by atoms with Gasteiger partial charge in [-0.15, -0.1) is 0 Å². The van der Waals surface area contributed by atoms with Gasteiger partial charge in [-0.3, -0.25) is 9.69 Å². The number of likely N-dealkylation sites (tertiary alicyclic amines) is 1. The number of piperidine rings is 1. The van der Waals surface area contributed by atoms with Gasteiger partial charge in [0.1, 0.15) is 12.4 Å². The van der Waals surface area contributed by atoms with Gasteiger partial charge in [0.2, 0.25) is 5.91 Å². The summed E-state index contributed by atoms with van der Waals surface area (Å²) in [7, 11) is 0. The number of halogens is 1. The van der Waals surface area contributed by atoms with E-state index in [2.05, 4.69) is 10.2 Å². The summed E-state index contributed by atoms with van der Waals surface area (Å²) in [4.78, 5) is 15.4. The van der Waals surface area contributed by atoms with Crippen LogP contribution < -0.4 is 5.32 Å². The number of amides is 1. The summed E-state index contributed by atoms with van der Waals surface area (Å²) in [5, 5.41) is 4.22. The molecule has 1 aromatic heterocycles. The summed E-state index contributed by atoms with van der Waals surface area (Å²) in [5.74, 6) is 0.655. The monoisotopic (exact) mass is 433 g/mol. The molecule has 2 aromatic carbocycles. The van der Waals surface area contributed by atoms with E-state index in [9.17, 15) is 9.18 Å². The highest BCUT2D eigenvalue weighted by atomic mass is 19.1. The van der Waals surface area contributed by atoms with Crippen molar-refractivity contribution in [1.82, 2.24) is 14.8 Å². The number of para-hydroxylation sites is 1. The Morgan fingerprint density at radius 3 is 2.69 bits per heavy atom. The number of rotatable bonds is 6. The summed E-state index contributed by atoms with van der Waals surface area (Å²) in [6.07, 6.45) is 10.1. The molecule has 0 radical (unpaired) electrons. The number of nitrogens with zero attached hydrogens (tertiary/aromatic N) is 2. The molecule has 2 atom stereocenters. The number of hydrogen-bond donors (Lipinski definition) is 1. The minimum absolute atomic E-state index is 0.0358. The SMILES string of the molecule is O=C(Cn1ccc2cccc(-c3ccc(F)cc3)c21)NCCN1CCC[C@@H]2CCCC[C@H]21. The molecule has 5 rings (SSSR count). The van der Waals surface area contributed by atoms with Crippen LogP contribution in [0.4, 0.5) is 4.39 Å². The quantitative estimate of drug-likeness (QED) is 0.579. The first-order chi connectivity index (χ1) is 15.7. The lowest BCUT2D eigenvalue weighted by Gasteiger charge is -2.44. The molecule has 2 aliphatic rings. The highest BCUT2D eigenvalue weighted by Crippen LogP contribution is 2.35. The van der Waals surface area contributed by atoms with Gasteiger partial charge < -0.3 is 9.88 Å². The maximum absolute atomic E-state index is 13.4. The van der Waals surface area contributed by atoms with Crippen molar-refractivity contribution in [1.29, 1.82) is 0 Å².